The minimum atomic E-state index is -1.01. The summed E-state index contributed by atoms with van der Waals surface area (Å²) in [4.78, 5) is 25.0. The van der Waals surface area contributed by atoms with E-state index in [9.17, 15) is 14.7 Å². The van der Waals surface area contributed by atoms with E-state index in [1.807, 2.05) is 30.3 Å². The third kappa shape index (κ3) is 4.16. The van der Waals surface area contributed by atoms with Gasteiger partial charge in [0, 0.05) is 31.0 Å². The van der Waals surface area contributed by atoms with Gasteiger partial charge in [0.2, 0.25) is 0 Å². The molecule has 20 heavy (non-hydrogen) atoms. The van der Waals surface area contributed by atoms with E-state index >= 15 is 0 Å². The van der Waals surface area contributed by atoms with Crippen molar-refractivity contribution in [1.29, 1.82) is 0 Å². The first-order chi connectivity index (χ1) is 9.66. The normalized spacial score (nSPS) is 16.5. The topological polar surface area (TPSA) is 69.6 Å². The van der Waals surface area contributed by atoms with Crippen LogP contribution in [0.4, 0.5) is 4.79 Å². The van der Waals surface area contributed by atoms with Crippen molar-refractivity contribution < 1.29 is 14.7 Å². The zero-order valence-corrected chi connectivity index (χ0v) is 11.9. The average Bonchev–Trinajstić information content (AvgIpc) is 2.48. The van der Waals surface area contributed by atoms with Gasteiger partial charge >= 0.3 is 12.0 Å². The first-order valence-electron chi connectivity index (χ1n) is 6.57. The van der Waals surface area contributed by atoms with Crippen molar-refractivity contribution in [1.82, 2.24) is 10.2 Å². The molecule has 2 rings (SSSR count). The maximum absolute atomic E-state index is 12.0. The van der Waals surface area contributed by atoms with Gasteiger partial charge in [0.1, 0.15) is 6.04 Å². The molecule has 2 amide bonds. The van der Waals surface area contributed by atoms with E-state index in [0.29, 0.717) is 19.5 Å². The number of rotatable bonds is 4. The molecule has 0 aliphatic carbocycles. The number of carboxylic acids is 1. The number of nitrogens with zero attached hydrogens (tertiary/aromatic N) is 1. The van der Waals surface area contributed by atoms with Crippen LogP contribution in [0.3, 0.4) is 0 Å². The molecule has 1 atom stereocenters. The Morgan fingerprint density at radius 1 is 1.25 bits per heavy atom. The van der Waals surface area contributed by atoms with Gasteiger partial charge in [-0.05, 0) is 5.56 Å². The Labute approximate surface area is 122 Å². The van der Waals surface area contributed by atoms with Crippen LogP contribution in [-0.2, 0) is 11.2 Å². The number of aliphatic carboxylic acids is 1. The number of urea groups is 1. The maximum atomic E-state index is 12.0. The molecule has 1 unspecified atom stereocenters. The molecule has 0 saturated carbocycles. The zero-order valence-electron chi connectivity index (χ0n) is 11.1. The summed E-state index contributed by atoms with van der Waals surface area (Å²) < 4.78 is 0. The fourth-order valence-electron chi connectivity index (χ4n) is 2.06. The lowest BCUT2D eigenvalue weighted by Gasteiger charge is -2.28. The number of hydrogen-bond donors (Lipinski definition) is 2. The Kier molecular flexibility index (Phi) is 5.29. The van der Waals surface area contributed by atoms with Crippen LogP contribution in [0.25, 0.3) is 0 Å². The molecule has 1 saturated heterocycles. The molecule has 0 bridgehead atoms. The molecule has 1 aromatic carbocycles. The maximum Gasteiger partial charge on any atom is 0.326 e. The molecular weight excluding hydrogens is 276 g/mol. The second kappa shape index (κ2) is 7.19. The van der Waals surface area contributed by atoms with E-state index in [4.69, 9.17) is 0 Å². The van der Waals surface area contributed by atoms with Crippen molar-refractivity contribution in [3.8, 4) is 0 Å². The highest BCUT2D eigenvalue weighted by molar-refractivity contribution is 7.99. The standard InChI is InChI=1S/C14H18N2O3S/c17-13(18)12(10-11-4-2-1-3-5-11)15-14(19)16-6-8-20-9-7-16/h1-5,12H,6-10H2,(H,15,19)(H,17,18). The fraction of sp³-hybridized carbons (Fsp3) is 0.429. The van der Waals surface area contributed by atoms with Crippen LogP contribution < -0.4 is 5.32 Å². The molecule has 1 aliphatic heterocycles. The van der Waals surface area contributed by atoms with Crippen molar-refractivity contribution in [2.75, 3.05) is 24.6 Å². The molecule has 1 heterocycles. The number of thioether (sulfide) groups is 1. The van der Waals surface area contributed by atoms with E-state index in [1.165, 1.54) is 0 Å². The molecule has 1 aromatic rings. The number of carbonyl (C=O) groups excluding carboxylic acids is 1. The summed E-state index contributed by atoms with van der Waals surface area (Å²) >= 11 is 1.81. The highest BCUT2D eigenvalue weighted by Gasteiger charge is 2.24. The molecule has 0 radical (unpaired) electrons. The largest absolute Gasteiger partial charge is 0.480 e. The van der Waals surface area contributed by atoms with Gasteiger partial charge in [-0.3, -0.25) is 0 Å². The Morgan fingerprint density at radius 2 is 1.90 bits per heavy atom. The Bertz CT molecular complexity index is 461. The number of carbonyl (C=O) groups is 2. The lowest BCUT2D eigenvalue weighted by atomic mass is 10.1. The van der Waals surface area contributed by atoms with Gasteiger partial charge in [0.05, 0.1) is 0 Å². The van der Waals surface area contributed by atoms with Crippen molar-refractivity contribution in [2.45, 2.75) is 12.5 Å². The number of hydrogen-bond acceptors (Lipinski definition) is 3. The van der Waals surface area contributed by atoms with E-state index in [0.717, 1.165) is 17.1 Å². The fourth-order valence-corrected chi connectivity index (χ4v) is 2.96. The van der Waals surface area contributed by atoms with Crippen molar-refractivity contribution in [2.24, 2.45) is 0 Å². The molecule has 5 nitrogen and oxygen atoms in total. The van der Waals surface area contributed by atoms with Gasteiger partial charge in [-0.1, -0.05) is 30.3 Å². The van der Waals surface area contributed by atoms with Crippen LogP contribution in [0, 0.1) is 0 Å². The molecule has 1 fully saturated rings. The lowest BCUT2D eigenvalue weighted by Crippen LogP contribution is -2.51. The van der Waals surface area contributed by atoms with Gasteiger partial charge in [0.25, 0.3) is 0 Å². The molecule has 0 aromatic heterocycles. The summed E-state index contributed by atoms with van der Waals surface area (Å²) in [5, 5.41) is 11.9. The lowest BCUT2D eigenvalue weighted by molar-refractivity contribution is -0.139. The summed E-state index contributed by atoms with van der Waals surface area (Å²) in [6.07, 6.45) is 0.296. The summed E-state index contributed by atoms with van der Waals surface area (Å²) in [7, 11) is 0. The van der Waals surface area contributed by atoms with E-state index < -0.39 is 12.0 Å². The van der Waals surface area contributed by atoms with Crippen LogP contribution in [0.5, 0.6) is 0 Å². The third-order valence-corrected chi connectivity index (χ3v) is 4.12. The van der Waals surface area contributed by atoms with Crippen LogP contribution in [-0.4, -0.2) is 52.6 Å². The smallest absolute Gasteiger partial charge is 0.326 e. The molecule has 6 heteroatoms. The Morgan fingerprint density at radius 3 is 2.50 bits per heavy atom. The van der Waals surface area contributed by atoms with Crippen LogP contribution in [0.2, 0.25) is 0 Å². The van der Waals surface area contributed by atoms with Crippen LogP contribution in [0.15, 0.2) is 30.3 Å². The summed E-state index contributed by atoms with van der Waals surface area (Å²) in [6.45, 7) is 1.35. The van der Waals surface area contributed by atoms with Crippen LogP contribution in [0.1, 0.15) is 5.56 Å². The van der Waals surface area contributed by atoms with Crippen molar-refractivity contribution in [3.05, 3.63) is 35.9 Å². The van der Waals surface area contributed by atoms with Crippen molar-refractivity contribution in [3.63, 3.8) is 0 Å². The Balaban J connectivity index is 1.95. The molecule has 2 N–H and O–H groups in total. The summed E-state index contributed by atoms with van der Waals surface area (Å²) in [5.41, 5.74) is 0.898. The predicted octanol–water partition coefficient (Wildman–Crippen LogP) is 1.44. The molecule has 0 spiro atoms. The minimum absolute atomic E-state index is 0.284. The Hall–Kier alpha value is -1.69. The van der Waals surface area contributed by atoms with Gasteiger partial charge in [-0.2, -0.15) is 11.8 Å². The molecule has 1 aliphatic rings. The second-order valence-corrected chi connectivity index (χ2v) is 5.85. The van der Waals surface area contributed by atoms with Crippen LogP contribution >= 0.6 is 11.8 Å². The third-order valence-electron chi connectivity index (χ3n) is 3.18. The second-order valence-electron chi connectivity index (χ2n) is 4.63. The van der Waals surface area contributed by atoms with Gasteiger partial charge < -0.3 is 15.3 Å². The van der Waals surface area contributed by atoms with Gasteiger partial charge in [-0.15, -0.1) is 0 Å². The first-order valence-corrected chi connectivity index (χ1v) is 7.72. The van der Waals surface area contributed by atoms with E-state index in [2.05, 4.69) is 5.32 Å². The van der Waals surface area contributed by atoms with Gasteiger partial charge in [0.15, 0.2) is 0 Å². The molecule has 108 valence electrons. The number of amides is 2. The summed E-state index contributed by atoms with van der Waals surface area (Å²) in [5.74, 6) is 0.807. The first kappa shape index (κ1) is 14.7. The average molecular weight is 294 g/mol. The number of nitrogens with one attached hydrogen (secondary N) is 1. The summed E-state index contributed by atoms with van der Waals surface area (Å²) in [6, 6.07) is 8.14. The predicted molar refractivity (Wildman–Crippen MR) is 79.0 cm³/mol. The minimum Gasteiger partial charge on any atom is -0.480 e. The quantitative estimate of drug-likeness (QED) is 0.881. The number of carboxylic acid groups (broad SMARTS) is 1. The molecular formula is C14H18N2O3S. The van der Waals surface area contributed by atoms with Crippen molar-refractivity contribution >= 4 is 23.8 Å². The van der Waals surface area contributed by atoms with E-state index in [1.54, 1.807) is 16.7 Å². The highest BCUT2D eigenvalue weighted by Crippen LogP contribution is 2.10. The monoisotopic (exact) mass is 294 g/mol. The zero-order chi connectivity index (χ0) is 14.4. The highest BCUT2D eigenvalue weighted by atomic mass is 32.2. The van der Waals surface area contributed by atoms with Gasteiger partial charge in [-0.25, -0.2) is 9.59 Å². The SMILES string of the molecule is O=C(O)C(Cc1ccccc1)NC(=O)N1CCSCC1. The number of benzene rings is 1. The van der Waals surface area contributed by atoms with E-state index in [-0.39, 0.29) is 6.03 Å².